The van der Waals surface area contributed by atoms with Crippen LogP contribution in [0.1, 0.15) is 27.0 Å². The Morgan fingerprint density at radius 1 is 0.921 bits per heavy atom. The quantitative estimate of drug-likeness (QED) is 0.140. The van der Waals surface area contributed by atoms with Crippen molar-refractivity contribution in [2.45, 2.75) is 13.2 Å². The zero-order valence-corrected chi connectivity index (χ0v) is 24.2. The molecule has 1 amide bonds. The van der Waals surface area contributed by atoms with Crippen molar-refractivity contribution in [2.24, 2.45) is 5.10 Å². The van der Waals surface area contributed by atoms with Crippen LogP contribution in [0.4, 0.5) is 0 Å². The zero-order valence-electron chi connectivity index (χ0n) is 20.3. The summed E-state index contributed by atoms with van der Waals surface area (Å²) in [6.45, 7) is 0.654. The van der Waals surface area contributed by atoms with Crippen LogP contribution >= 0.6 is 43.5 Å². The van der Waals surface area contributed by atoms with Crippen LogP contribution in [-0.2, 0) is 13.2 Å². The fourth-order valence-electron chi connectivity index (χ4n) is 3.48. The fraction of sp³-hybridized carbons (Fsp3) is 0.103. The molecule has 0 aliphatic heterocycles. The second-order valence-corrected chi connectivity index (χ2v) is 10.2. The van der Waals surface area contributed by atoms with Gasteiger partial charge in [-0.25, -0.2) is 5.43 Å². The van der Waals surface area contributed by atoms with Crippen molar-refractivity contribution in [1.82, 2.24) is 5.43 Å². The molecular weight excluding hydrogens is 636 g/mol. The van der Waals surface area contributed by atoms with E-state index in [-0.39, 0.29) is 6.61 Å². The Kier molecular flexibility index (Phi) is 9.81. The molecule has 0 aromatic heterocycles. The third-order valence-electron chi connectivity index (χ3n) is 5.40. The summed E-state index contributed by atoms with van der Waals surface area (Å²) in [4.78, 5) is 12.8. The molecule has 0 radical (unpaired) electrons. The van der Waals surface area contributed by atoms with E-state index in [0.29, 0.717) is 40.0 Å². The van der Waals surface area contributed by atoms with Crippen molar-refractivity contribution in [3.63, 3.8) is 0 Å². The molecule has 4 aromatic carbocycles. The first kappa shape index (κ1) is 27.7. The van der Waals surface area contributed by atoms with Crippen molar-refractivity contribution in [1.29, 1.82) is 0 Å². The molecule has 0 bridgehead atoms. The molecule has 0 heterocycles. The molecule has 194 valence electrons. The van der Waals surface area contributed by atoms with E-state index in [4.69, 9.17) is 25.8 Å². The second kappa shape index (κ2) is 13.5. The molecule has 9 heteroatoms. The predicted octanol–water partition coefficient (Wildman–Crippen LogP) is 7.80. The van der Waals surface area contributed by atoms with Crippen molar-refractivity contribution >= 4 is 55.6 Å². The molecule has 0 spiro atoms. The Balaban J connectivity index is 1.44. The number of carbonyl (C=O) groups is 1. The van der Waals surface area contributed by atoms with Gasteiger partial charge < -0.3 is 14.2 Å². The summed E-state index contributed by atoms with van der Waals surface area (Å²) in [6.07, 6.45) is 1.52. The highest BCUT2D eigenvalue weighted by molar-refractivity contribution is 9.11. The fourth-order valence-corrected chi connectivity index (χ4v) is 5.05. The molecule has 38 heavy (non-hydrogen) atoms. The number of nitrogens with zero attached hydrogens (tertiary/aromatic N) is 1. The summed E-state index contributed by atoms with van der Waals surface area (Å²) >= 11 is 13.3. The average Bonchev–Trinajstić information content (AvgIpc) is 2.92. The first-order chi connectivity index (χ1) is 18.4. The molecule has 0 atom stereocenters. The standard InChI is InChI=1S/C29H23Br2ClN2O4/c1-36-27-14-20(11-12-26(27)37-17-19-7-3-2-4-8-19)29(35)34-33-16-22-13-23(30)15-24(31)28(22)38-18-21-9-5-6-10-25(21)32/h2-16H,17-18H2,1H3,(H,34,35)/b33-16+. The number of nitrogens with one attached hydrogen (secondary N) is 1. The van der Waals surface area contributed by atoms with E-state index in [1.165, 1.54) is 13.3 Å². The number of benzene rings is 4. The van der Waals surface area contributed by atoms with Crippen molar-refractivity contribution in [3.8, 4) is 17.2 Å². The zero-order chi connectivity index (χ0) is 26.9. The SMILES string of the molecule is COc1cc(C(=O)N/N=C/c2cc(Br)cc(Br)c2OCc2ccccc2Cl)ccc1OCc1ccccc1. The van der Waals surface area contributed by atoms with Crippen LogP contribution in [-0.4, -0.2) is 19.2 Å². The van der Waals surface area contributed by atoms with Gasteiger partial charge in [-0.15, -0.1) is 0 Å². The third-order valence-corrected chi connectivity index (χ3v) is 6.82. The van der Waals surface area contributed by atoms with E-state index in [2.05, 4.69) is 42.4 Å². The van der Waals surface area contributed by atoms with E-state index >= 15 is 0 Å². The summed E-state index contributed by atoms with van der Waals surface area (Å²) in [5.41, 5.74) is 5.46. The summed E-state index contributed by atoms with van der Waals surface area (Å²) < 4.78 is 18.9. The van der Waals surface area contributed by atoms with Gasteiger partial charge in [0, 0.05) is 26.2 Å². The first-order valence-electron chi connectivity index (χ1n) is 11.5. The maximum Gasteiger partial charge on any atom is 0.271 e. The molecule has 0 fully saturated rings. The van der Waals surface area contributed by atoms with Crippen LogP contribution in [0.25, 0.3) is 0 Å². The van der Waals surface area contributed by atoms with Crippen molar-refractivity contribution in [2.75, 3.05) is 7.11 Å². The van der Waals surface area contributed by atoms with Gasteiger partial charge in [0.1, 0.15) is 19.0 Å². The largest absolute Gasteiger partial charge is 0.493 e. The van der Waals surface area contributed by atoms with Gasteiger partial charge in [-0.3, -0.25) is 4.79 Å². The van der Waals surface area contributed by atoms with Crippen LogP contribution < -0.4 is 19.6 Å². The monoisotopic (exact) mass is 656 g/mol. The predicted molar refractivity (Wildman–Crippen MR) is 156 cm³/mol. The molecule has 0 saturated heterocycles. The van der Waals surface area contributed by atoms with Crippen molar-refractivity contribution < 1.29 is 19.0 Å². The van der Waals surface area contributed by atoms with E-state index in [1.54, 1.807) is 18.2 Å². The molecule has 6 nitrogen and oxygen atoms in total. The van der Waals surface area contributed by atoms with E-state index < -0.39 is 5.91 Å². The van der Waals surface area contributed by atoms with Crippen molar-refractivity contribution in [3.05, 3.63) is 121 Å². The lowest BCUT2D eigenvalue weighted by molar-refractivity contribution is 0.0954. The Bertz CT molecular complexity index is 1450. The molecule has 1 N–H and O–H groups in total. The third kappa shape index (κ3) is 7.37. The Morgan fingerprint density at radius 3 is 2.45 bits per heavy atom. The van der Waals surface area contributed by atoms with Crippen LogP contribution in [0.2, 0.25) is 5.02 Å². The summed E-state index contributed by atoms with van der Waals surface area (Å²) in [6, 6.07) is 25.9. The van der Waals surface area contributed by atoms with Gasteiger partial charge in [0.05, 0.1) is 17.8 Å². The number of hydrazone groups is 1. The van der Waals surface area contributed by atoms with E-state index in [1.807, 2.05) is 66.7 Å². The van der Waals surface area contributed by atoms with Crippen LogP contribution in [0.5, 0.6) is 17.2 Å². The minimum Gasteiger partial charge on any atom is -0.493 e. The number of rotatable bonds is 10. The minimum absolute atomic E-state index is 0.269. The number of halogens is 3. The van der Waals surface area contributed by atoms with Gasteiger partial charge in [0.15, 0.2) is 11.5 Å². The van der Waals surface area contributed by atoms with Gasteiger partial charge in [-0.05, 0) is 57.9 Å². The number of methoxy groups -OCH3 is 1. The Morgan fingerprint density at radius 2 is 1.68 bits per heavy atom. The summed E-state index contributed by atoms with van der Waals surface area (Å²) in [5.74, 6) is 1.15. The molecule has 0 unspecified atom stereocenters. The number of hydrogen-bond acceptors (Lipinski definition) is 5. The van der Waals surface area contributed by atoms with Gasteiger partial charge >= 0.3 is 0 Å². The highest BCUT2D eigenvalue weighted by Crippen LogP contribution is 2.33. The lowest BCUT2D eigenvalue weighted by Crippen LogP contribution is -2.17. The maximum atomic E-state index is 12.8. The molecular formula is C29H23Br2ClN2O4. The normalized spacial score (nSPS) is 10.8. The highest BCUT2D eigenvalue weighted by atomic mass is 79.9. The number of amides is 1. The number of carbonyl (C=O) groups excluding carboxylic acids is 1. The average molecular weight is 659 g/mol. The van der Waals surface area contributed by atoms with Gasteiger partial charge in [0.2, 0.25) is 0 Å². The topological polar surface area (TPSA) is 69.2 Å². The number of hydrogen-bond donors (Lipinski definition) is 1. The van der Waals surface area contributed by atoms with E-state index in [0.717, 1.165) is 20.1 Å². The lowest BCUT2D eigenvalue weighted by atomic mass is 10.2. The van der Waals surface area contributed by atoms with E-state index in [9.17, 15) is 4.79 Å². The van der Waals surface area contributed by atoms with Gasteiger partial charge in [0.25, 0.3) is 5.91 Å². The lowest BCUT2D eigenvalue weighted by Gasteiger charge is -2.13. The second-order valence-electron chi connectivity index (χ2n) is 8.03. The molecule has 4 rings (SSSR count). The van der Waals surface area contributed by atoms with Crippen LogP contribution in [0.15, 0.2) is 99.0 Å². The maximum absolute atomic E-state index is 12.8. The minimum atomic E-state index is -0.401. The number of ether oxygens (including phenoxy) is 3. The Labute approximate surface area is 242 Å². The molecule has 0 aliphatic carbocycles. The molecule has 4 aromatic rings. The smallest absolute Gasteiger partial charge is 0.271 e. The van der Waals surface area contributed by atoms with Crippen LogP contribution in [0.3, 0.4) is 0 Å². The summed E-state index contributed by atoms with van der Waals surface area (Å²) in [5, 5.41) is 4.76. The first-order valence-corrected chi connectivity index (χ1v) is 13.4. The molecule has 0 aliphatic rings. The Hall–Kier alpha value is -3.33. The molecule has 0 saturated carbocycles. The van der Waals surface area contributed by atoms with Gasteiger partial charge in [-0.1, -0.05) is 76.1 Å². The van der Waals surface area contributed by atoms with Gasteiger partial charge in [-0.2, -0.15) is 5.10 Å². The highest BCUT2D eigenvalue weighted by Gasteiger charge is 2.13. The van der Waals surface area contributed by atoms with Crippen LogP contribution in [0, 0.1) is 0 Å². The summed E-state index contributed by atoms with van der Waals surface area (Å²) in [7, 11) is 1.53.